The molecule has 0 saturated heterocycles. The predicted octanol–water partition coefficient (Wildman–Crippen LogP) is 2.17. The van der Waals surface area contributed by atoms with Gasteiger partial charge in [0.05, 0.1) is 16.0 Å². The van der Waals surface area contributed by atoms with Gasteiger partial charge in [-0.3, -0.25) is 4.79 Å². The molecule has 1 aromatic heterocycles. The first-order valence-electron chi connectivity index (χ1n) is 5.44. The number of carbonyl (C=O) groups is 2. The molecule has 0 fully saturated rings. The van der Waals surface area contributed by atoms with Gasteiger partial charge in [-0.2, -0.15) is 0 Å². The summed E-state index contributed by atoms with van der Waals surface area (Å²) in [6, 6.07) is 6.40. The summed E-state index contributed by atoms with van der Waals surface area (Å²) in [4.78, 5) is 26.1. The number of halogens is 1. The number of aromatic carboxylic acids is 1. The van der Waals surface area contributed by atoms with E-state index in [1.54, 1.807) is 0 Å². The van der Waals surface area contributed by atoms with Crippen LogP contribution in [0.1, 0.15) is 20.7 Å². The molecule has 0 unspecified atom stereocenters. The summed E-state index contributed by atoms with van der Waals surface area (Å²) < 4.78 is 13.7. The molecular weight excluding hydrogens is 283 g/mol. The summed E-state index contributed by atoms with van der Waals surface area (Å²) in [5.41, 5.74) is 5.30. The largest absolute Gasteiger partial charge is 0.478 e. The summed E-state index contributed by atoms with van der Waals surface area (Å²) in [6.07, 6.45) is 1.44. The maximum absolute atomic E-state index is 13.7. The van der Waals surface area contributed by atoms with Crippen molar-refractivity contribution in [2.75, 3.05) is 0 Å². The summed E-state index contributed by atoms with van der Waals surface area (Å²) in [7, 11) is 0. The smallest absolute Gasteiger partial charge is 0.335 e. The summed E-state index contributed by atoms with van der Waals surface area (Å²) in [5.74, 6) is -2.44. The van der Waals surface area contributed by atoms with Crippen molar-refractivity contribution in [2.24, 2.45) is 5.73 Å². The zero-order chi connectivity index (χ0) is 14.7. The molecule has 0 bridgehead atoms. The van der Waals surface area contributed by atoms with E-state index in [-0.39, 0.29) is 21.0 Å². The molecule has 102 valence electrons. The molecule has 0 aliphatic rings. The zero-order valence-corrected chi connectivity index (χ0v) is 10.9. The SMILES string of the molecule is NC(=O)c1cccnc1Sc1cc(C(=O)O)ccc1F. The molecule has 2 rings (SSSR count). The van der Waals surface area contributed by atoms with Crippen molar-refractivity contribution in [1.82, 2.24) is 4.98 Å². The Bertz CT molecular complexity index is 691. The number of carboxylic acids is 1. The fraction of sp³-hybridized carbons (Fsp3) is 0. The Morgan fingerprint density at radius 2 is 2.05 bits per heavy atom. The van der Waals surface area contributed by atoms with Gasteiger partial charge in [-0.25, -0.2) is 14.2 Å². The van der Waals surface area contributed by atoms with Crippen molar-refractivity contribution in [3.05, 3.63) is 53.5 Å². The van der Waals surface area contributed by atoms with E-state index >= 15 is 0 Å². The van der Waals surface area contributed by atoms with Crippen LogP contribution in [0.5, 0.6) is 0 Å². The second-order valence-corrected chi connectivity index (χ2v) is 4.80. The van der Waals surface area contributed by atoms with E-state index in [0.717, 1.165) is 23.9 Å². The Balaban J connectivity index is 2.42. The van der Waals surface area contributed by atoms with E-state index in [2.05, 4.69) is 4.98 Å². The first-order valence-corrected chi connectivity index (χ1v) is 6.26. The minimum Gasteiger partial charge on any atom is -0.478 e. The third-order valence-corrected chi connectivity index (χ3v) is 3.47. The minimum absolute atomic E-state index is 0.0505. The minimum atomic E-state index is -1.16. The monoisotopic (exact) mass is 292 g/mol. The Labute approximate surface area is 117 Å². The third kappa shape index (κ3) is 2.94. The van der Waals surface area contributed by atoms with E-state index in [9.17, 15) is 14.0 Å². The van der Waals surface area contributed by atoms with Gasteiger partial charge < -0.3 is 10.8 Å². The average Bonchev–Trinajstić information content (AvgIpc) is 2.41. The molecule has 0 atom stereocenters. The summed E-state index contributed by atoms with van der Waals surface area (Å²) >= 11 is 0.850. The number of amides is 1. The van der Waals surface area contributed by atoms with Crippen LogP contribution in [0.25, 0.3) is 0 Å². The molecule has 3 N–H and O–H groups in total. The normalized spacial score (nSPS) is 10.2. The first kappa shape index (κ1) is 14.0. The lowest BCUT2D eigenvalue weighted by molar-refractivity contribution is 0.0696. The van der Waals surface area contributed by atoms with Crippen molar-refractivity contribution in [3.8, 4) is 0 Å². The number of aromatic nitrogens is 1. The number of rotatable bonds is 4. The fourth-order valence-corrected chi connectivity index (χ4v) is 2.43. The van der Waals surface area contributed by atoms with Crippen LogP contribution in [0.3, 0.4) is 0 Å². The van der Waals surface area contributed by atoms with Gasteiger partial charge in [0.2, 0.25) is 0 Å². The number of carboxylic acid groups (broad SMARTS) is 1. The summed E-state index contributed by atoms with van der Waals surface area (Å²) in [6.45, 7) is 0. The Kier molecular flexibility index (Phi) is 3.99. The predicted molar refractivity (Wildman–Crippen MR) is 70.2 cm³/mol. The number of carbonyl (C=O) groups excluding carboxylic acids is 1. The number of hydrogen-bond donors (Lipinski definition) is 2. The van der Waals surface area contributed by atoms with Crippen LogP contribution in [0, 0.1) is 5.82 Å². The number of pyridine rings is 1. The molecule has 0 aliphatic heterocycles. The topological polar surface area (TPSA) is 93.3 Å². The molecular formula is C13H9FN2O3S. The molecule has 1 aromatic carbocycles. The molecule has 1 heterocycles. The maximum Gasteiger partial charge on any atom is 0.335 e. The van der Waals surface area contributed by atoms with Gasteiger partial charge in [0, 0.05) is 6.20 Å². The molecule has 0 spiro atoms. The van der Waals surface area contributed by atoms with E-state index < -0.39 is 17.7 Å². The number of primary amides is 1. The van der Waals surface area contributed by atoms with Crippen molar-refractivity contribution in [2.45, 2.75) is 9.92 Å². The number of benzene rings is 1. The van der Waals surface area contributed by atoms with Gasteiger partial charge >= 0.3 is 5.97 Å². The Hall–Kier alpha value is -2.41. The number of hydrogen-bond acceptors (Lipinski definition) is 4. The van der Waals surface area contributed by atoms with Gasteiger partial charge in [-0.1, -0.05) is 11.8 Å². The Morgan fingerprint density at radius 1 is 1.30 bits per heavy atom. The van der Waals surface area contributed by atoms with Gasteiger partial charge in [-0.05, 0) is 30.3 Å². The van der Waals surface area contributed by atoms with Gasteiger partial charge in [0.1, 0.15) is 10.8 Å². The molecule has 0 radical (unpaired) electrons. The van der Waals surface area contributed by atoms with Crippen LogP contribution >= 0.6 is 11.8 Å². The highest BCUT2D eigenvalue weighted by molar-refractivity contribution is 7.99. The van der Waals surface area contributed by atoms with E-state index in [0.29, 0.717) is 0 Å². The fourth-order valence-electron chi connectivity index (χ4n) is 1.48. The molecule has 0 aliphatic carbocycles. The first-order chi connectivity index (χ1) is 9.49. The number of nitrogens with zero attached hydrogens (tertiary/aromatic N) is 1. The molecule has 1 amide bonds. The van der Waals surface area contributed by atoms with Gasteiger partial charge in [0.25, 0.3) is 5.91 Å². The van der Waals surface area contributed by atoms with Gasteiger partial charge in [-0.15, -0.1) is 0 Å². The van der Waals surface area contributed by atoms with Crippen molar-refractivity contribution in [1.29, 1.82) is 0 Å². The van der Waals surface area contributed by atoms with E-state index in [4.69, 9.17) is 10.8 Å². The van der Waals surface area contributed by atoms with Crippen LogP contribution in [-0.2, 0) is 0 Å². The van der Waals surface area contributed by atoms with Crippen molar-refractivity contribution >= 4 is 23.6 Å². The molecule has 7 heteroatoms. The third-order valence-electron chi connectivity index (χ3n) is 2.42. The van der Waals surface area contributed by atoms with Crippen molar-refractivity contribution < 1.29 is 19.1 Å². The van der Waals surface area contributed by atoms with Crippen LogP contribution in [0.15, 0.2) is 46.5 Å². The lowest BCUT2D eigenvalue weighted by Gasteiger charge is -2.06. The highest BCUT2D eigenvalue weighted by Crippen LogP contribution is 2.31. The highest BCUT2D eigenvalue weighted by Gasteiger charge is 2.14. The standard InChI is InChI=1S/C13H9FN2O3S/c14-9-4-3-7(13(18)19)6-10(9)20-12-8(11(15)17)2-1-5-16-12/h1-6H,(H2,15,17)(H,18,19). The van der Waals surface area contributed by atoms with E-state index in [1.165, 1.54) is 24.4 Å². The maximum atomic E-state index is 13.7. The quantitative estimate of drug-likeness (QED) is 0.900. The average molecular weight is 292 g/mol. The van der Waals surface area contributed by atoms with Crippen LogP contribution in [0.4, 0.5) is 4.39 Å². The molecule has 0 saturated carbocycles. The Morgan fingerprint density at radius 3 is 2.70 bits per heavy atom. The van der Waals surface area contributed by atoms with Crippen molar-refractivity contribution in [3.63, 3.8) is 0 Å². The molecule has 5 nitrogen and oxygen atoms in total. The second kappa shape index (κ2) is 5.70. The van der Waals surface area contributed by atoms with Crippen LogP contribution in [0.2, 0.25) is 0 Å². The molecule has 20 heavy (non-hydrogen) atoms. The second-order valence-electron chi connectivity index (χ2n) is 3.77. The van der Waals surface area contributed by atoms with Gasteiger partial charge in [0.15, 0.2) is 0 Å². The summed E-state index contributed by atoms with van der Waals surface area (Å²) in [5, 5.41) is 9.11. The number of nitrogens with two attached hydrogens (primary N) is 1. The lowest BCUT2D eigenvalue weighted by atomic mass is 10.2. The van der Waals surface area contributed by atoms with Crippen LogP contribution < -0.4 is 5.73 Å². The highest BCUT2D eigenvalue weighted by atomic mass is 32.2. The lowest BCUT2D eigenvalue weighted by Crippen LogP contribution is -2.12. The zero-order valence-electron chi connectivity index (χ0n) is 10.0. The van der Waals surface area contributed by atoms with Crippen LogP contribution in [-0.4, -0.2) is 22.0 Å². The van der Waals surface area contributed by atoms with E-state index in [1.807, 2.05) is 0 Å². The molecule has 2 aromatic rings.